The van der Waals surface area contributed by atoms with Gasteiger partial charge in [0.25, 0.3) is 0 Å². The minimum Gasteiger partial charge on any atom is -0.298 e. The van der Waals surface area contributed by atoms with Crippen LogP contribution in [0.3, 0.4) is 0 Å². The van der Waals surface area contributed by atoms with Gasteiger partial charge in [0.05, 0.1) is 5.25 Å². The van der Waals surface area contributed by atoms with E-state index in [4.69, 9.17) is 0 Å². The first-order valence-electron chi connectivity index (χ1n) is 9.30. The summed E-state index contributed by atoms with van der Waals surface area (Å²) < 4.78 is 28.0. The van der Waals surface area contributed by atoms with Crippen molar-refractivity contribution in [3.05, 3.63) is 11.6 Å². The van der Waals surface area contributed by atoms with Gasteiger partial charge in [0.1, 0.15) is 0 Å². The summed E-state index contributed by atoms with van der Waals surface area (Å²) in [5, 5.41) is -0.219. The summed E-state index contributed by atoms with van der Waals surface area (Å²) in [6.07, 6.45) is 4.52. The van der Waals surface area contributed by atoms with Gasteiger partial charge >= 0.3 is 0 Å². The van der Waals surface area contributed by atoms with Crippen LogP contribution in [0.4, 0.5) is 0 Å². The van der Waals surface area contributed by atoms with Crippen molar-refractivity contribution in [1.82, 2.24) is 9.21 Å². The summed E-state index contributed by atoms with van der Waals surface area (Å²) in [5.41, 5.74) is 1.63. The van der Waals surface area contributed by atoms with E-state index in [1.54, 1.807) is 4.31 Å². The van der Waals surface area contributed by atoms with Crippen LogP contribution in [0.1, 0.15) is 67.7 Å². The topological polar surface area (TPSA) is 40.6 Å². The molecule has 1 unspecified atom stereocenters. The summed E-state index contributed by atoms with van der Waals surface area (Å²) in [7, 11) is -3.21. The monoisotopic (exact) mass is 356 g/mol. The van der Waals surface area contributed by atoms with Gasteiger partial charge in [-0.1, -0.05) is 32.4 Å². The Morgan fingerprint density at radius 2 is 1.54 bits per heavy atom. The van der Waals surface area contributed by atoms with Crippen molar-refractivity contribution in [3.8, 4) is 0 Å². The molecule has 1 saturated heterocycles. The van der Waals surface area contributed by atoms with Crippen molar-refractivity contribution in [2.75, 3.05) is 19.6 Å². The van der Waals surface area contributed by atoms with E-state index in [0.717, 1.165) is 32.4 Å². The Labute approximate surface area is 149 Å². The quantitative estimate of drug-likeness (QED) is 0.709. The highest BCUT2D eigenvalue weighted by atomic mass is 32.2. The molecule has 0 aliphatic carbocycles. The standard InChI is InChI=1S/C19H36N2O2S/c1-15-14-16(18(2,3)4)8-13-21(15)24(22,23)17-9-11-20(12-10-17)19(5,6)7/h14-15,17H,8-13H2,1-7H3. The molecular weight excluding hydrogens is 320 g/mol. The molecular formula is C19H36N2O2S. The van der Waals surface area contributed by atoms with Crippen molar-refractivity contribution < 1.29 is 8.42 Å². The van der Waals surface area contributed by atoms with Crippen LogP contribution in [-0.2, 0) is 10.0 Å². The molecule has 2 rings (SSSR count). The predicted octanol–water partition coefficient (Wildman–Crippen LogP) is 3.65. The van der Waals surface area contributed by atoms with Crippen LogP contribution >= 0.6 is 0 Å². The third-order valence-electron chi connectivity index (χ3n) is 5.60. The van der Waals surface area contributed by atoms with E-state index in [1.807, 2.05) is 6.92 Å². The van der Waals surface area contributed by atoms with Crippen molar-refractivity contribution in [2.45, 2.75) is 84.6 Å². The second-order valence-corrected chi connectivity index (χ2v) is 11.6. The summed E-state index contributed by atoms with van der Waals surface area (Å²) >= 11 is 0. The van der Waals surface area contributed by atoms with Gasteiger partial charge in [-0.2, -0.15) is 4.31 Å². The van der Waals surface area contributed by atoms with Crippen LogP contribution in [0.5, 0.6) is 0 Å². The predicted molar refractivity (Wildman–Crippen MR) is 102 cm³/mol. The van der Waals surface area contributed by atoms with Crippen molar-refractivity contribution in [3.63, 3.8) is 0 Å². The molecule has 140 valence electrons. The van der Waals surface area contributed by atoms with Gasteiger partial charge < -0.3 is 0 Å². The van der Waals surface area contributed by atoms with Crippen molar-refractivity contribution in [2.24, 2.45) is 5.41 Å². The highest BCUT2D eigenvalue weighted by Crippen LogP contribution is 2.34. The fourth-order valence-corrected chi connectivity index (χ4v) is 5.95. The minimum atomic E-state index is -3.21. The lowest BCUT2D eigenvalue weighted by Gasteiger charge is -2.43. The summed E-state index contributed by atoms with van der Waals surface area (Å²) in [4.78, 5) is 2.40. The average Bonchev–Trinajstić information content (AvgIpc) is 2.45. The molecule has 0 amide bonds. The van der Waals surface area contributed by atoms with Crippen LogP contribution in [-0.4, -0.2) is 54.1 Å². The van der Waals surface area contributed by atoms with Crippen LogP contribution in [0.15, 0.2) is 11.6 Å². The molecule has 0 saturated carbocycles. The zero-order valence-electron chi connectivity index (χ0n) is 16.6. The normalized spacial score (nSPS) is 26.5. The van der Waals surface area contributed by atoms with Gasteiger partial charge in [0.15, 0.2) is 0 Å². The van der Waals surface area contributed by atoms with E-state index in [-0.39, 0.29) is 22.2 Å². The van der Waals surface area contributed by atoms with Gasteiger partial charge in [-0.15, -0.1) is 0 Å². The van der Waals surface area contributed by atoms with Gasteiger partial charge in [-0.25, -0.2) is 8.42 Å². The van der Waals surface area contributed by atoms with Gasteiger partial charge in [0, 0.05) is 18.1 Å². The molecule has 1 atom stereocenters. The summed E-state index contributed by atoms with van der Waals surface area (Å²) in [5.74, 6) is 0. The largest absolute Gasteiger partial charge is 0.298 e. The Morgan fingerprint density at radius 1 is 1.00 bits per heavy atom. The number of hydrogen-bond donors (Lipinski definition) is 0. The van der Waals surface area contributed by atoms with E-state index in [0.29, 0.717) is 6.54 Å². The number of nitrogens with zero attached hydrogens (tertiary/aromatic N) is 2. The molecule has 0 N–H and O–H groups in total. The number of likely N-dealkylation sites (tertiary alicyclic amines) is 1. The molecule has 2 aliphatic rings. The van der Waals surface area contributed by atoms with E-state index >= 15 is 0 Å². The molecule has 0 radical (unpaired) electrons. The van der Waals surface area contributed by atoms with Crippen LogP contribution in [0.25, 0.3) is 0 Å². The Morgan fingerprint density at radius 3 is 1.96 bits per heavy atom. The molecule has 0 aromatic rings. The van der Waals surface area contributed by atoms with E-state index < -0.39 is 10.0 Å². The van der Waals surface area contributed by atoms with Gasteiger partial charge in [-0.05, 0) is 65.5 Å². The van der Waals surface area contributed by atoms with Crippen LogP contribution in [0.2, 0.25) is 0 Å². The Bertz CT molecular complexity index is 573. The maximum absolute atomic E-state index is 13.1. The second kappa shape index (κ2) is 6.73. The first-order valence-corrected chi connectivity index (χ1v) is 10.8. The van der Waals surface area contributed by atoms with Crippen molar-refractivity contribution >= 4 is 10.0 Å². The first kappa shape index (κ1) is 19.9. The molecule has 0 spiro atoms. The lowest BCUT2D eigenvalue weighted by molar-refractivity contribution is 0.111. The average molecular weight is 357 g/mol. The van der Waals surface area contributed by atoms with E-state index in [1.165, 1.54) is 5.57 Å². The molecule has 4 nitrogen and oxygen atoms in total. The highest BCUT2D eigenvalue weighted by molar-refractivity contribution is 7.89. The molecule has 2 aliphatic heterocycles. The Balaban J connectivity index is 2.09. The third-order valence-corrected chi connectivity index (χ3v) is 8.08. The SMILES string of the molecule is CC1C=C(C(C)(C)C)CCN1S(=O)(=O)C1CCN(C(C)(C)C)CC1. The fraction of sp³-hybridized carbons (Fsp3) is 0.895. The van der Waals surface area contributed by atoms with E-state index in [9.17, 15) is 8.42 Å². The van der Waals surface area contributed by atoms with E-state index in [2.05, 4.69) is 52.5 Å². The third kappa shape index (κ3) is 4.23. The van der Waals surface area contributed by atoms with Gasteiger partial charge in [-0.3, -0.25) is 4.90 Å². The molecule has 0 aromatic carbocycles. The number of rotatable bonds is 2. The summed E-state index contributed by atoms with van der Waals surface area (Å²) in [6.45, 7) is 17.6. The fourth-order valence-electron chi connectivity index (χ4n) is 3.89. The molecule has 2 heterocycles. The lowest BCUT2D eigenvalue weighted by Crippen LogP contribution is -2.52. The number of piperidine rings is 1. The van der Waals surface area contributed by atoms with Crippen LogP contribution in [0, 0.1) is 5.41 Å². The smallest absolute Gasteiger partial charge is 0.217 e. The second-order valence-electron chi connectivity index (χ2n) is 9.45. The van der Waals surface area contributed by atoms with Crippen molar-refractivity contribution in [1.29, 1.82) is 0 Å². The minimum absolute atomic E-state index is 0.0291. The highest BCUT2D eigenvalue weighted by Gasteiger charge is 2.39. The molecule has 5 heteroatoms. The Kier molecular flexibility index (Phi) is 5.59. The molecule has 1 fully saturated rings. The summed E-state index contributed by atoms with van der Waals surface area (Å²) in [6, 6.07) is -0.0291. The number of hydrogen-bond acceptors (Lipinski definition) is 3. The lowest BCUT2D eigenvalue weighted by atomic mass is 9.82. The van der Waals surface area contributed by atoms with Crippen LogP contribution < -0.4 is 0 Å². The van der Waals surface area contributed by atoms with Gasteiger partial charge in [0.2, 0.25) is 10.0 Å². The zero-order chi connectivity index (χ0) is 18.3. The molecule has 0 aromatic heterocycles. The maximum Gasteiger partial charge on any atom is 0.217 e. The molecule has 0 bridgehead atoms. The number of sulfonamides is 1. The Hall–Kier alpha value is -0.390. The zero-order valence-corrected chi connectivity index (χ0v) is 17.4. The maximum atomic E-state index is 13.1. The molecule has 24 heavy (non-hydrogen) atoms. The first-order chi connectivity index (χ1) is 10.8.